The zero-order chi connectivity index (χ0) is 21.2. The average molecular weight is 437 g/mol. The molecule has 1 unspecified atom stereocenters. The molecule has 0 bridgehead atoms. The molecule has 0 aromatic carbocycles. The number of unbranched alkanes of at least 4 members (excludes halogenated alkanes) is 2. The van der Waals surface area contributed by atoms with E-state index in [0.29, 0.717) is 16.5 Å². The third-order valence-corrected chi connectivity index (χ3v) is 4.27. The maximum absolute atomic E-state index is 10.6. The van der Waals surface area contributed by atoms with E-state index < -0.39 is 12.0 Å². The van der Waals surface area contributed by atoms with Crippen molar-refractivity contribution < 1.29 is 9.90 Å². The van der Waals surface area contributed by atoms with E-state index >= 15 is 0 Å². The number of hydrogen-bond donors (Lipinski definition) is 5. The Bertz CT molecular complexity index is 522. The van der Waals surface area contributed by atoms with Crippen LogP contribution in [-0.2, 0) is 4.79 Å². The minimum absolute atomic E-state index is 0.116. The van der Waals surface area contributed by atoms with Crippen LogP contribution in [0.4, 0.5) is 0 Å². The Morgan fingerprint density at radius 2 is 1.63 bits per heavy atom. The summed E-state index contributed by atoms with van der Waals surface area (Å²) in [4.78, 5) is 10.6. The van der Waals surface area contributed by atoms with Crippen LogP contribution in [0.3, 0.4) is 0 Å². The SMILES string of the molecule is CCCCCSC.CNC(=S)N/N=C(C)/C(C)=N/NC(=S)NC(C)C(=O)O. The van der Waals surface area contributed by atoms with E-state index in [1.165, 1.54) is 31.9 Å². The molecule has 0 fully saturated rings. The van der Waals surface area contributed by atoms with Gasteiger partial charge >= 0.3 is 5.97 Å². The molecule has 0 aliphatic heterocycles. The minimum Gasteiger partial charge on any atom is -0.480 e. The van der Waals surface area contributed by atoms with Gasteiger partial charge in [0.05, 0.1) is 11.4 Å². The third kappa shape index (κ3) is 17.7. The van der Waals surface area contributed by atoms with Crippen molar-refractivity contribution in [3.8, 4) is 0 Å². The van der Waals surface area contributed by atoms with Crippen molar-refractivity contribution >= 4 is 63.8 Å². The summed E-state index contributed by atoms with van der Waals surface area (Å²) in [5.41, 5.74) is 6.33. The van der Waals surface area contributed by atoms with Gasteiger partial charge in [-0.1, -0.05) is 19.8 Å². The van der Waals surface area contributed by atoms with Gasteiger partial charge in [-0.3, -0.25) is 15.6 Å². The van der Waals surface area contributed by atoms with Crippen molar-refractivity contribution in [3.63, 3.8) is 0 Å². The topological polar surface area (TPSA) is 110 Å². The second-order valence-corrected chi connectivity index (χ2v) is 7.23. The molecule has 11 heteroatoms. The second-order valence-electron chi connectivity index (χ2n) is 5.43. The minimum atomic E-state index is -1.00. The molecule has 0 amide bonds. The Hall–Kier alpha value is -1.46. The molecule has 0 aromatic heterocycles. The lowest BCUT2D eigenvalue weighted by atomic mass is 10.3. The van der Waals surface area contributed by atoms with Crippen LogP contribution >= 0.6 is 36.2 Å². The summed E-state index contributed by atoms with van der Waals surface area (Å²) in [6.07, 6.45) is 6.31. The van der Waals surface area contributed by atoms with Crippen LogP contribution in [-0.4, -0.2) is 57.8 Å². The molecule has 5 N–H and O–H groups in total. The summed E-state index contributed by atoms with van der Waals surface area (Å²) in [6, 6.07) is -0.796. The number of aliphatic carboxylic acids is 1. The fourth-order valence-electron chi connectivity index (χ4n) is 1.27. The van der Waals surface area contributed by atoms with Gasteiger partial charge in [-0.2, -0.15) is 22.0 Å². The Balaban J connectivity index is 0. The van der Waals surface area contributed by atoms with Crippen LogP contribution in [0.2, 0.25) is 0 Å². The quantitative estimate of drug-likeness (QED) is 0.161. The fraction of sp³-hybridized carbons (Fsp3) is 0.688. The molecule has 0 aromatic rings. The first-order valence-corrected chi connectivity index (χ1v) is 10.7. The lowest BCUT2D eigenvalue weighted by Crippen LogP contribution is -2.42. The zero-order valence-corrected chi connectivity index (χ0v) is 19.3. The van der Waals surface area contributed by atoms with Crippen LogP contribution in [0.15, 0.2) is 10.2 Å². The number of carboxylic acids is 1. The Kier molecular flexibility index (Phi) is 18.4. The number of thioether (sulfide) groups is 1. The number of hydrogen-bond acceptors (Lipinski definition) is 6. The van der Waals surface area contributed by atoms with Gasteiger partial charge in [0, 0.05) is 7.05 Å². The first-order chi connectivity index (χ1) is 12.7. The van der Waals surface area contributed by atoms with Gasteiger partial charge in [-0.15, -0.1) is 0 Å². The van der Waals surface area contributed by atoms with Gasteiger partial charge in [0.1, 0.15) is 6.04 Å². The molecule has 0 radical (unpaired) electrons. The van der Waals surface area contributed by atoms with Crippen molar-refractivity contribution in [1.82, 2.24) is 21.5 Å². The van der Waals surface area contributed by atoms with E-state index in [4.69, 9.17) is 29.5 Å². The Morgan fingerprint density at radius 1 is 1.11 bits per heavy atom. The normalized spacial score (nSPS) is 12.2. The first kappa shape index (κ1) is 27.8. The van der Waals surface area contributed by atoms with Crippen molar-refractivity contribution in [2.45, 2.75) is 53.0 Å². The molecule has 156 valence electrons. The van der Waals surface area contributed by atoms with E-state index in [1.54, 1.807) is 20.9 Å². The van der Waals surface area contributed by atoms with Crippen molar-refractivity contribution in [3.05, 3.63) is 0 Å². The van der Waals surface area contributed by atoms with Gasteiger partial charge in [-0.25, -0.2) is 0 Å². The lowest BCUT2D eigenvalue weighted by molar-refractivity contribution is -0.138. The highest BCUT2D eigenvalue weighted by Gasteiger charge is 2.11. The van der Waals surface area contributed by atoms with Gasteiger partial charge < -0.3 is 15.7 Å². The lowest BCUT2D eigenvalue weighted by Gasteiger charge is -2.11. The number of thiocarbonyl (C=S) groups is 2. The molecule has 0 saturated carbocycles. The van der Waals surface area contributed by atoms with Gasteiger partial charge in [-0.05, 0) is 63.6 Å². The maximum atomic E-state index is 10.6. The largest absolute Gasteiger partial charge is 0.480 e. The van der Waals surface area contributed by atoms with Crippen LogP contribution in [0.25, 0.3) is 0 Å². The van der Waals surface area contributed by atoms with Crippen molar-refractivity contribution in [2.24, 2.45) is 10.2 Å². The summed E-state index contributed by atoms with van der Waals surface area (Å²) in [7, 11) is 1.68. The number of hydrazone groups is 2. The fourth-order valence-corrected chi connectivity index (χ4v) is 2.03. The number of nitrogens with one attached hydrogen (secondary N) is 4. The highest BCUT2D eigenvalue weighted by molar-refractivity contribution is 7.98. The second kappa shape index (κ2) is 17.9. The number of carbonyl (C=O) groups is 1. The Morgan fingerprint density at radius 3 is 2.04 bits per heavy atom. The Labute approximate surface area is 177 Å². The van der Waals surface area contributed by atoms with Gasteiger partial charge in [0.2, 0.25) is 0 Å². The van der Waals surface area contributed by atoms with Crippen molar-refractivity contribution in [2.75, 3.05) is 19.1 Å². The summed E-state index contributed by atoms with van der Waals surface area (Å²) >= 11 is 11.7. The maximum Gasteiger partial charge on any atom is 0.325 e. The predicted molar refractivity (Wildman–Crippen MR) is 125 cm³/mol. The summed E-state index contributed by atoms with van der Waals surface area (Å²) in [6.45, 7) is 7.17. The molecule has 0 saturated heterocycles. The molecule has 0 rings (SSSR count). The highest BCUT2D eigenvalue weighted by Crippen LogP contribution is 2.00. The highest BCUT2D eigenvalue weighted by atomic mass is 32.2. The van der Waals surface area contributed by atoms with E-state index in [0.717, 1.165) is 0 Å². The first-order valence-electron chi connectivity index (χ1n) is 8.54. The summed E-state index contributed by atoms with van der Waals surface area (Å²) in [5, 5.41) is 22.5. The molecule has 0 aliphatic carbocycles. The molecule has 27 heavy (non-hydrogen) atoms. The van der Waals surface area contributed by atoms with E-state index in [2.05, 4.69) is 44.9 Å². The molecule has 0 spiro atoms. The van der Waals surface area contributed by atoms with Crippen LogP contribution in [0.1, 0.15) is 47.0 Å². The van der Waals surface area contributed by atoms with Crippen LogP contribution < -0.4 is 21.5 Å². The number of carboxylic acid groups (broad SMARTS) is 1. The molecular formula is C16H32N6O2S3. The van der Waals surface area contributed by atoms with E-state index in [9.17, 15) is 4.79 Å². The number of nitrogens with zero attached hydrogens (tertiary/aromatic N) is 2. The standard InChI is InChI=1S/C10H18N6O2S2.C6H14S/c1-5(13-15-9(19)11-4)6(2)14-16-10(20)12-7(3)8(17)18;1-3-4-5-6-7-2/h7H,1-4H3,(H,17,18)(H2,11,15,19)(H2,12,16,20);3-6H2,1-2H3/b13-5+,14-6+;. The molecule has 1 atom stereocenters. The predicted octanol–water partition coefficient (Wildman–Crippen LogP) is 2.31. The summed E-state index contributed by atoms with van der Waals surface area (Å²) < 4.78 is 0. The smallest absolute Gasteiger partial charge is 0.325 e. The zero-order valence-electron chi connectivity index (χ0n) is 16.9. The van der Waals surface area contributed by atoms with E-state index in [-0.39, 0.29) is 5.11 Å². The van der Waals surface area contributed by atoms with Gasteiger partial charge in [0.15, 0.2) is 10.2 Å². The number of rotatable bonds is 9. The van der Waals surface area contributed by atoms with Crippen LogP contribution in [0, 0.1) is 0 Å². The van der Waals surface area contributed by atoms with Gasteiger partial charge in [0.25, 0.3) is 0 Å². The summed E-state index contributed by atoms with van der Waals surface area (Å²) in [5.74, 6) is 0.339. The van der Waals surface area contributed by atoms with E-state index in [1.807, 2.05) is 11.8 Å². The van der Waals surface area contributed by atoms with Crippen LogP contribution in [0.5, 0.6) is 0 Å². The van der Waals surface area contributed by atoms with Crippen molar-refractivity contribution in [1.29, 1.82) is 0 Å². The third-order valence-electron chi connectivity index (χ3n) is 3.07. The molecule has 0 aliphatic rings. The molecule has 0 heterocycles. The average Bonchev–Trinajstić information content (AvgIpc) is 2.64. The monoisotopic (exact) mass is 436 g/mol. The molecular weight excluding hydrogens is 404 g/mol. The molecule has 8 nitrogen and oxygen atoms in total.